The summed E-state index contributed by atoms with van der Waals surface area (Å²) in [6.07, 6.45) is 6.43. The second kappa shape index (κ2) is 5.00. The number of benzene rings is 1. The molecular formula is C13H13Cl2N3S. The number of aromatic nitrogens is 2. The highest BCUT2D eigenvalue weighted by atomic mass is 35.5. The molecule has 3 rings (SSSR count). The molecule has 19 heavy (non-hydrogen) atoms. The number of hydrogen-bond donors (Lipinski definition) is 1. The van der Waals surface area contributed by atoms with Gasteiger partial charge in [-0.25, -0.2) is 4.98 Å². The fourth-order valence-corrected chi connectivity index (χ4v) is 2.98. The molecule has 1 N–H and O–H groups in total. The minimum Gasteiger partial charge on any atom is -0.367 e. The third kappa shape index (κ3) is 2.76. The molecule has 1 aromatic heterocycles. The van der Waals surface area contributed by atoms with Crippen molar-refractivity contribution in [2.45, 2.75) is 17.6 Å². The van der Waals surface area contributed by atoms with Crippen molar-refractivity contribution in [3.8, 4) is 0 Å². The molecule has 1 aliphatic carbocycles. The van der Waals surface area contributed by atoms with Crippen molar-refractivity contribution in [1.29, 1.82) is 0 Å². The first-order valence-electron chi connectivity index (χ1n) is 6.03. The second-order valence-corrected chi connectivity index (χ2v) is 6.84. The molecule has 0 aliphatic heterocycles. The van der Waals surface area contributed by atoms with Crippen molar-refractivity contribution in [2.75, 3.05) is 18.1 Å². The van der Waals surface area contributed by atoms with Crippen molar-refractivity contribution < 1.29 is 0 Å². The van der Waals surface area contributed by atoms with Gasteiger partial charge in [-0.2, -0.15) is 11.8 Å². The van der Waals surface area contributed by atoms with E-state index in [0.29, 0.717) is 14.8 Å². The number of rotatable bonds is 4. The lowest BCUT2D eigenvalue weighted by Crippen LogP contribution is -2.18. The zero-order valence-corrected chi connectivity index (χ0v) is 12.7. The van der Waals surface area contributed by atoms with Gasteiger partial charge in [0.2, 0.25) is 0 Å². The van der Waals surface area contributed by atoms with E-state index in [9.17, 15) is 0 Å². The van der Waals surface area contributed by atoms with Crippen molar-refractivity contribution in [3.63, 3.8) is 0 Å². The molecule has 6 heteroatoms. The molecule has 0 bridgehead atoms. The van der Waals surface area contributed by atoms with Crippen LogP contribution in [0.1, 0.15) is 12.8 Å². The minimum absolute atomic E-state index is 0.397. The van der Waals surface area contributed by atoms with Gasteiger partial charge < -0.3 is 5.32 Å². The lowest BCUT2D eigenvalue weighted by molar-refractivity contribution is 0.940. The van der Waals surface area contributed by atoms with Crippen LogP contribution < -0.4 is 5.32 Å². The number of nitrogens with one attached hydrogen (secondary N) is 1. The van der Waals surface area contributed by atoms with Crippen LogP contribution in [-0.2, 0) is 0 Å². The van der Waals surface area contributed by atoms with Gasteiger partial charge in [-0.1, -0.05) is 23.2 Å². The smallest absolute Gasteiger partial charge is 0.145 e. The van der Waals surface area contributed by atoms with Gasteiger partial charge in [-0.05, 0) is 31.2 Å². The average Bonchev–Trinajstić information content (AvgIpc) is 3.18. The first kappa shape index (κ1) is 13.3. The van der Waals surface area contributed by atoms with Gasteiger partial charge in [-0.15, -0.1) is 0 Å². The van der Waals surface area contributed by atoms with Crippen molar-refractivity contribution in [1.82, 2.24) is 9.97 Å². The number of halogens is 2. The molecule has 0 unspecified atom stereocenters. The Morgan fingerprint density at radius 2 is 1.95 bits per heavy atom. The Hall–Kier alpha value is -0.710. The Morgan fingerprint density at radius 3 is 2.58 bits per heavy atom. The van der Waals surface area contributed by atoms with E-state index >= 15 is 0 Å². The Bertz CT molecular complexity index is 629. The summed E-state index contributed by atoms with van der Waals surface area (Å²) in [6, 6.07) is 3.49. The number of thioether (sulfide) groups is 1. The quantitative estimate of drug-likeness (QED) is 0.916. The van der Waals surface area contributed by atoms with E-state index in [1.807, 2.05) is 11.8 Å². The third-order valence-corrected chi connectivity index (χ3v) is 5.56. The summed E-state index contributed by atoms with van der Waals surface area (Å²) in [6.45, 7) is 0.926. The van der Waals surface area contributed by atoms with Crippen LogP contribution in [0.2, 0.25) is 10.0 Å². The van der Waals surface area contributed by atoms with E-state index in [-0.39, 0.29) is 0 Å². The van der Waals surface area contributed by atoms with Crippen molar-refractivity contribution >= 4 is 51.8 Å². The monoisotopic (exact) mass is 313 g/mol. The summed E-state index contributed by atoms with van der Waals surface area (Å²) in [5.74, 6) is 0.784. The van der Waals surface area contributed by atoms with Gasteiger partial charge in [0, 0.05) is 11.3 Å². The predicted octanol–water partition coefficient (Wildman–Crippen LogP) is 4.24. The minimum atomic E-state index is 0.397. The van der Waals surface area contributed by atoms with Gasteiger partial charge >= 0.3 is 0 Å². The Morgan fingerprint density at radius 1 is 1.26 bits per heavy atom. The molecule has 1 aromatic carbocycles. The summed E-state index contributed by atoms with van der Waals surface area (Å²) < 4.78 is 0.397. The van der Waals surface area contributed by atoms with Gasteiger partial charge in [0.05, 0.1) is 27.3 Å². The van der Waals surface area contributed by atoms with E-state index in [1.165, 1.54) is 12.8 Å². The maximum Gasteiger partial charge on any atom is 0.145 e. The number of nitrogens with zero attached hydrogens (tertiary/aromatic N) is 2. The zero-order chi connectivity index (χ0) is 13.5. The second-order valence-electron chi connectivity index (χ2n) is 4.75. The summed E-state index contributed by atoms with van der Waals surface area (Å²) in [7, 11) is 0. The number of fused-ring (bicyclic) bond motifs is 1. The van der Waals surface area contributed by atoms with Crippen molar-refractivity contribution in [3.05, 3.63) is 28.4 Å². The molecule has 1 saturated carbocycles. The molecule has 0 saturated heterocycles. The van der Waals surface area contributed by atoms with E-state index in [2.05, 4.69) is 21.5 Å². The third-order valence-electron chi connectivity index (χ3n) is 3.42. The highest BCUT2D eigenvalue weighted by Crippen LogP contribution is 2.46. The average molecular weight is 314 g/mol. The van der Waals surface area contributed by atoms with Crippen LogP contribution in [0.25, 0.3) is 11.0 Å². The fourth-order valence-electron chi connectivity index (χ4n) is 1.94. The van der Waals surface area contributed by atoms with E-state index < -0.39 is 0 Å². The van der Waals surface area contributed by atoms with Crippen molar-refractivity contribution in [2.24, 2.45) is 0 Å². The molecule has 100 valence electrons. The van der Waals surface area contributed by atoms with E-state index in [4.69, 9.17) is 23.2 Å². The summed E-state index contributed by atoms with van der Waals surface area (Å²) >= 11 is 13.9. The highest BCUT2D eigenvalue weighted by Gasteiger charge is 2.41. The summed E-state index contributed by atoms with van der Waals surface area (Å²) in [5, 5.41) is 4.36. The Labute approximate surface area is 126 Å². The molecule has 3 nitrogen and oxygen atoms in total. The van der Waals surface area contributed by atoms with E-state index in [1.54, 1.807) is 18.3 Å². The number of hydrogen-bond acceptors (Lipinski definition) is 4. The fraction of sp³-hybridized carbons (Fsp3) is 0.385. The van der Waals surface area contributed by atoms with Crippen LogP contribution in [0.15, 0.2) is 18.3 Å². The first-order chi connectivity index (χ1) is 9.12. The Kier molecular flexibility index (Phi) is 3.50. The molecule has 0 radical (unpaired) electrons. The maximum absolute atomic E-state index is 6.00. The van der Waals surface area contributed by atoms with E-state index in [0.717, 1.165) is 23.4 Å². The normalized spacial score (nSPS) is 16.6. The van der Waals surface area contributed by atoms with Crippen LogP contribution in [0.4, 0.5) is 5.82 Å². The van der Waals surface area contributed by atoms with Crippen LogP contribution in [0.5, 0.6) is 0 Å². The molecule has 1 aliphatic rings. The molecule has 0 spiro atoms. The SMILES string of the molecule is CSC1(CNc2cnc3cc(Cl)c(Cl)cc3n2)CC1. The van der Waals surface area contributed by atoms with Gasteiger partial charge in [0.1, 0.15) is 5.82 Å². The first-order valence-corrected chi connectivity index (χ1v) is 8.01. The molecular weight excluding hydrogens is 301 g/mol. The van der Waals surface area contributed by atoms with Crippen LogP contribution in [-0.4, -0.2) is 27.5 Å². The molecule has 1 heterocycles. The molecule has 0 amide bonds. The number of anilines is 1. The van der Waals surface area contributed by atoms with Gasteiger partial charge in [-0.3, -0.25) is 4.98 Å². The summed E-state index contributed by atoms with van der Waals surface area (Å²) in [5.41, 5.74) is 1.51. The predicted molar refractivity (Wildman–Crippen MR) is 83.5 cm³/mol. The lowest BCUT2D eigenvalue weighted by atomic mass is 10.3. The largest absolute Gasteiger partial charge is 0.367 e. The summed E-state index contributed by atoms with van der Waals surface area (Å²) in [4.78, 5) is 8.87. The van der Waals surface area contributed by atoms with Crippen LogP contribution in [0, 0.1) is 0 Å². The lowest BCUT2D eigenvalue weighted by Gasteiger charge is -2.13. The zero-order valence-electron chi connectivity index (χ0n) is 10.4. The van der Waals surface area contributed by atoms with Crippen LogP contribution in [0.3, 0.4) is 0 Å². The Balaban J connectivity index is 1.83. The molecule has 2 aromatic rings. The molecule has 1 fully saturated rings. The maximum atomic E-state index is 6.00. The molecule has 0 atom stereocenters. The van der Waals surface area contributed by atoms with Gasteiger partial charge in [0.25, 0.3) is 0 Å². The van der Waals surface area contributed by atoms with Crippen LogP contribution >= 0.6 is 35.0 Å². The highest BCUT2D eigenvalue weighted by molar-refractivity contribution is 8.00. The topological polar surface area (TPSA) is 37.8 Å². The van der Waals surface area contributed by atoms with Gasteiger partial charge in [0.15, 0.2) is 0 Å². The standard InChI is InChI=1S/C13H13Cl2N3S/c1-19-13(2-3-13)7-17-12-6-16-10-4-8(14)9(15)5-11(10)18-12/h4-6H,2-3,7H2,1H3,(H,17,18).